The van der Waals surface area contributed by atoms with E-state index in [1.807, 2.05) is 0 Å². The van der Waals surface area contributed by atoms with Crippen LogP contribution in [0.2, 0.25) is 5.02 Å². The van der Waals surface area contributed by atoms with Crippen LogP contribution in [0.5, 0.6) is 5.75 Å². The molecule has 1 aromatic carbocycles. The molecule has 0 saturated heterocycles. The van der Waals surface area contributed by atoms with Crippen LogP contribution in [-0.4, -0.2) is 43.5 Å². The van der Waals surface area contributed by atoms with Crippen molar-refractivity contribution in [3.05, 3.63) is 29.3 Å². The van der Waals surface area contributed by atoms with Crippen LogP contribution in [0.3, 0.4) is 0 Å². The number of methoxy groups -OCH3 is 1. The first-order valence-corrected chi connectivity index (χ1v) is 6.68. The second-order valence-electron chi connectivity index (χ2n) is 4.74. The predicted octanol–water partition coefficient (Wildman–Crippen LogP) is 1.62. The highest BCUT2D eigenvalue weighted by Crippen LogP contribution is 2.22. The van der Waals surface area contributed by atoms with Gasteiger partial charge < -0.3 is 19.9 Å². The topological polar surface area (TPSA) is 67.8 Å². The summed E-state index contributed by atoms with van der Waals surface area (Å²) in [5.41, 5.74) is -1.00. The molecule has 112 valence electrons. The summed E-state index contributed by atoms with van der Waals surface area (Å²) < 4.78 is 10.2. The minimum atomic E-state index is -1.00. The first-order chi connectivity index (χ1) is 9.44. The van der Waals surface area contributed by atoms with Crippen LogP contribution in [0.4, 0.5) is 0 Å². The summed E-state index contributed by atoms with van der Waals surface area (Å²) in [5, 5.41) is 13.0. The van der Waals surface area contributed by atoms with Crippen molar-refractivity contribution < 1.29 is 19.4 Å². The van der Waals surface area contributed by atoms with Crippen molar-refractivity contribution in [3.8, 4) is 5.75 Å². The SMILES string of the molecule is COCCC(C)(O)CNC(=O)COc1ccccc1Cl. The van der Waals surface area contributed by atoms with Crippen molar-refractivity contribution in [1.82, 2.24) is 5.32 Å². The molecule has 1 amide bonds. The largest absolute Gasteiger partial charge is 0.482 e. The van der Waals surface area contributed by atoms with Crippen molar-refractivity contribution in [2.45, 2.75) is 18.9 Å². The molecule has 0 spiro atoms. The summed E-state index contributed by atoms with van der Waals surface area (Å²) in [4.78, 5) is 11.6. The zero-order valence-corrected chi connectivity index (χ0v) is 12.4. The van der Waals surface area contributed by atoms with Crippen LogP contribution >= 0.6 is 11.6 Å². The second kappa shape index (κ2) is 8.09. The molecular formula is C14H20ClNO4. The lowest BCUT2D eigenvalue weighted by Crippen LogP contribution is -2.42. The van der Waals surface area contributed by atoms with Crippen LogP contribution in [-0.2, 0) is 9.53 Å². The summed E-state index contributed by atoms with van der Waals surface area (Å²) in [7, 11) is 1.56. The lowest BCUT2D eigenvalue weighted by Gasteiger charge is -2.23. The average molecular weight is 302 g/mol. The molecule has 0 heterocycles. The Balaban J connectivity index is 2.32. The maximum atomic E-state index is 11.6. The van der Waals surface area contributed by atoms with Gasteiger partial charge in [0.2, 0.25) is 0 Å². The Morgan fingerprint density at radius 2 is 2.15 bits per heavy atom. The molecule has 0 aliphatic rings. The summed E-state index contributed by atoms with van der Waals surface area (Å²) in [6.45, 7) is 2.06. The molecule has 1 atom stereocenters. The Bertz CT molecular complexity index is 437. The first-order valence-electron chi connectivity index (χ1n) is 6.30. The molecule has 0 aromatic heterocycles. The fraction of sp³-hybridized carbons (Fsp3) is 0.500. The van der Waals surface area contributed by atoms with Crippen LogP contribution in [0.25, 0.3) is 0 Å². The van der Waals surface area contributed by atoms with Gasteiger partial charge in [-0.25, -0.2) is 0 Å². The zero-order valence-electron chi connectivity index (χ0n) is 11.7. The van der Waals surface area contributed by atoms with E-state index in [0.717, 1.165) is 0 Å². The number of carbonyl (C=O) groups excluding carboxylic acids is 1. The number of benzene rings is 1. The van der Waals surface area contributed by atoms with Crippen molar-refractivity contribution in [2.24, 2.45) is 0 Å². The molecular weight excluding hydrogens is 282 g/mol. The highest BCUT2D eigenvalue weighted by atomic mass is 35.5. The molecule has 0 aliphatic carbocycles. The minimum absolute atomic E-state index is 0.140. The average Bonchev–Trinajstić information content (AvgIpc) is 2.42. The Hall–Kier alpha value is -1.30. The van der Waals surface area contributed by atoms with E-state index in [4.69, 9.17) is 21.1 Å². The number of nitrogens with one attached hydrogen (secondary N) is 1. The van der Waals surface area contributed by atoms with Gasteiger partial charge in [-0.3, -0.25) is 4.79 Å². The lowest BCUT2D eigenvalue weighted by atomic mass is 10.0. The summed E-state index contributed by atoms with van der Waals surface area (Å²) >= 11 is 5.90. The van der Waals surface area contributed by atoms with Crippen molar-refractivity contribution in [2.75, 3.05) is 26.9 Å². The molecule has 0 radical (unpaired) electrons. The molecule has 1 unspecified atom stereocenters. The van der Waals surface area contributed by atoms with Crippen molar-refractivity contribution in [1.29, 1.82) is 0 Å². The number of halogens is 1. The number of rotatable bonds is 8. The van der Waals surface area contributed by atoms with Gasteiger partial charge in [0.15, 0.2) is 6.61 Å². The van der Waals surface area contributed by atoms with E-state index < -0.39 is 5.60 Å². The first kappa shape index (κ1) is 16.8. The molecule has 0 bridgehead atoms. The van der Waals surface area contributed by atoms with Crippen molar-refractivity contribution in [3.63, 3.8) is 0 Å². The quantitative estimate of drug-likeness (QED) is 0.766. The molecule has 0 saturated carbocycles. The second-order valence-corrected chi connectivity index (χ2v) is 5.14. The third-order valence-electron chi connectivity index (χ3n) is 2.71. The Kier molecular flexibility index (Phi) is 6.78. The van der Waals surface area contributed by atoms with Gasteiger partial charge >= 0.3 is 0 Å². The van der Waals surface area contributed by atoms with E-state index in [9.17, 15) is 9.90 Å². The Morgan fingerprint density at radius 3 is 2.80 bits per heavy atom. The number of hydrogen-bond donors (Lipinski definition) is 2. The molecule has 0 aliphatic heterocycles. The van der Waals surface area contributed by atoms with E-state index in [1.165, 1.54) is 0 Å². The highest BCUT2D eigenvalue weighted by molar-refractivity contribution is 6.32. The maximum Gasteiger partial charge on any atom is 0.258 e. The lowest BCUT2D eigenvalue weighted by molar-refractivity contribution is -0.124. The monoisotopic (exact) mass is 301 g/mol. The van der Waals surface area contributed by atoms with Gasteiger partial charge in [0.05, 0.1) is 10.6 Å². The fourth-order valence-electron chi connectivity index (χ4n) is 1.46. The van der Waals surface area contributed by atoms with E-state index >= 15 is 0 Å². The van der Waals surface area contributed by atoms with Crippen LogP contribution in [0.1, 0.15) is 13.3 Å². The number of amides is 1. The smallest absolute Gasteiger partial charge is 0.258 e. The van der Waals surface area contributed by atoms with E-state index in [1.54, 1.807) is 38.3 Å². The number of para-hydroxylation sites is 1. The number of carbonyl (C=O) groups is 1. The third kappa shape index (κ3) is 6.23. The molecule has 1 rings (SSSR count). The number of hydrogen-bond acceptors (Lipinski definition) is 4. The van der Waals surface area contributed by atoms with E-state index in [2.05, 4.69) is 5.32 Å². The molecule has 20 heavy (non-hydrogen) atoms. The molecule has 2 N–H and O–H groups in total. The summed E-state index contributed by atoms with van der Waals surface area (Å²) in [6.07, 6.45) is 0.440. The maximum absolute atomic E-state index is 11.6. The Morgan fingerprint density at radius 1 is 1.45 bits per heavy atom. The number of ether oxygens (including phenoxy) is 2. The van der Waals surface area contributed by atoms with Crippen molar-refractivity contribution >= 4 is 17.5 Å². The van der Waals surface area contributed by atoms with Gasteiger partial charge in [-0.15, -0.1) is 0 Å². The van der Waals surface area contributed by atoms with Gasteiger partial charge in [-0.05, 0) is 19.1 Å². The van der Waals surface area contributed by atoms with Gasteiger partial charge in [0.1, 0.15) is 5.75 Å². The molecule has 6 heteroatoms. The van der Waals surface area contributed by atoms with Crippen LogP contribution in [0.15, 0.2) is 24.3 Å². The standard InChI is InChI=1S/C14H20ClNO4/c1-14(18,7-8-19-2)10-16-13(17)9-20-12-6-4-3-5-11(12)15/h3-6,18H,7-10H2,1-2H3,(H,16,17). The molecule has 5 nitrogen and oxygen atoms in total. The normalized spacial score (nSPS) is 13.6. The molecule has 1 aromatic rings. The summed E-state index contributed by atoms with van der Waals surface area (Å²) in [5.74, 6) is 0.137. The van der Waals surface area contributed by atoms with Crippen LogP contribution < -0.4 is 10.1 Å². The third-order valence-corrected chi connectivity index (χ3v) is 3.02. The van der Waals surface area contributed by atoms with Gasteiger partial charge in [-0.1, -0.05) is 23.7 Å². The van der Waals surface area contributed by atoms with Crippen LogP contribution in [0, 0.1) is 0 Å². The van der Waals surface area contributed by atoms with E-state index in [-0.39, 0.29) is 19.1 Å². The molecule has 0 fully saturated rings. The fourth-order valence-corrected chi connectivity index (χ4v) is 1.65. The number of aliphatic hydroxyl groups is 1. The van der Waals surface area contributed by atoms with Gasteiger partial charge in [0, 0.05) is 26.7 Å². The predicted molar refractivity (Wildman–Crippen MR) is 77.1 cm³/mol. The van der Waals surface area contributed by atoms with Gasteiger partial charge in [0.25, 0.3) is 5.91 Å². The zero-order chi connectivity index (χ0) is 15.0. The Labute approximate surface area is 123 Å². The highest BCUT2D eigenvalue weighted by Gasteiger charge is 2.20. The van der Waals surface area contributed by atoms with E-state index in [0.29, 0.717) is 23.8 Å². The van der Waals surface area contributed by atoms with Gasteiger partial charge in [-0.2, -0.15) is 0 Å². The minimum Gasteiger partial charge on any atom is -0.482 e. The summed E-state index contributed by atoms with van der Waals surface area (Å²) in [6, 6.07) is 6.92.